The van der Waals surface area contributed by atoms with Gasteiger partial charge in [0.1, 0.15) is 5.75 Å². The topological polar surface area (TPSA) is 80.3 Å². The van der Waals surface area contributed by atoms with E-state index in [0.717, 1.165) is 0 Å². The molecule has 0 aliphatic carbocycles. The van der Waals surface area contributed by atoms with E-state index in [9.17, 15) is 9.59 Å². The van der Waals surface area contributed by atoms with E-state index in [2.05, 4.69) is 0 Å². The molecule has 7 heteroatoms. The van der Waals surface area contributed by atoms with Crippen molar-refractivity contribution in [3.05, 3.63) is 29.8 Å². The number of hydrogen-bond acceptors (Lipinski definition) is 7. The first-order valence-electron chi connectivity index (χ1n) is 7.38. The largest absolute Gasteiger partial charge is 0.497 e. The fourth-order valence-corrected chi connectivity index (χ4v) is 2.17. The SMILES string of the molecule is CCOC(=O)C1OC(c2ccc(OC)cc2)O[C@H]1C(=O)OCC. The summed E-state index contributed by atoms with van der Waals surface area (Å²) in [5, 5.41) is 0. The van der Waals surface area contributed by atoms with E-state index < -0.39 is 30.4 Å². The average molecular weight is 324 g/mol. The Hall–Kier alpha value is -2.12. The van der Waals surface area contributed by atoms with Gasteiger partial charge in [-0.05, 0) is 26.0 Å². The smallest absolute Gasteiger partial charge is 0.338 e. The lowest BCUT2D eigenvalue weighted by Crippen LogP contribution is -2.39. The third kappa shape index (κ3) is 4.00. The van der Waals surface area contributed by atoms with Crippen LogP contribution in [0.3, 0.4) is 0 Å². The highest BCUT2D eigenvalue weighted by Gasteiger charge is 2.47. The van der Waals surface area contributed by atoms with Crippen LogP contribution in [0.15, 0.2) is 24.3 Å². The van der Waals surface area contributed by atoms with Crippen LogP contribution in [0.1, 0.15) is 25.7 Å². The summed E-state index contributed by atoms with van der Waals surface area (Å²) < 4.78 is 26.1. The van der Waals surface area contributed by atoms with Gasteiger partial charge in [0.2, 0.25) is 0 Å². The molecule has 0 radical (unpaired) electrons. The molecule has 23 heavy (non-hydrogen) atoms. The first-order valence-corrected chi connectivity index (χ1v) is 7.38. The maximum Gasteiger partial charge on any atom is 0.338 e. The van der Waals surface area contributed by atoms with Crippen molar-refractivity contribution in [2.45, 2.75) is 32.3 Å². The Morgan fingerprint density at radius 2 is 1.43 bits per heavy atom. The molecular weight excluding hydrogens is 304 g/mol. The minimum atomic E-state index is -1.15. The monoisotopic (exact) mass is 324 g/mol. The highest BCUT2D eigenvalue weighted by molar-refractivity contribution is 5.86. The van der Waals surface area contributed by atoms with Gasteiger partial charge >= 0.3 is 11.9 Å². The van der Waals surface area contributed by atoms with Gasteiger partial charge in [0, 0.05) is 5.56 Å². The summed E-state index contributed by atoms with van der Waals surface area (Å²) in [5.41, 5.74) is 0.659. The van der Waals surface area contributed by atoms with Crippen molar-refractivity contribution in [1.82, 2.24) is 0 Å². The van der Waals surface area contributed by atoms with E-state index in [1.807, 2.05) is 0 Å². The number of carbonyl (C=O) groups excluding carboxylic acids is 2. The molecule has 7 nitrogen and oxygen atoms in total. The fraction of sp³-hybridized carbons (Fsp3) is 0.500. The molecule has 1 fully saturated rings. The van der Waals surface area contributed by atoms with Crippen molar-refractivity contribution < 1.29 is 33.3 Å². The second kappa shape index (κ2) is 7.94. The number of esters is 2. The van der Waals surface area contributed by atoms with E-state index in [0.29, 0.717) is 11.3 Å². The molecule has 0 amide bonds. The highest BCUT2D eigenvalue weighted by atomic mass is 16.8. The normalized spacial score (nSPS) is 23.3. The van der Waals surface area contributed by atoms with Gasteiger partial charge in [0.05, 0.1) is 20.3 Å². The zero-order valence-electron chi connectivity index (χ0n) is 13.3. The summed E-state index contributed by atoms with van der Waals surface area (Å²) in [5.74, 6) is -0.626. The Bertz CT molecular complexity index is 514. The molecule has 1 aromatic carbocycles. The zero-order valence-corrected chi connectivity index (χ0v) is 13.3. The van der Waals surface area contributed by atoms with Crippen molar-refractivity contribution in [1.29, 1.82) is 0 Å². The number of benzene rings is 1. The van der Waals surface area contributed by atoms with Crippen LogP contribution in [0.4, 0.5) is 0 Å². The van der Waals surface area contributed by atoms with Gasteiger partial charge < -0.3 is 23.7 Å². The molecule has 1 aromatic rings. The quantitative estimate of drug-likeness (QED) is 0.735. The molecule has 1 aliphatic rings. The predicted molar refractivity (Wildman–Crippen MR) is 78.7 cm³/mol. The van der Waals surface area contributed by atoms with Crippen LogP contribution in [-0.4, -0.2) is 44.5 Å². The van der Waals surface area contributed by atoms with Gasteiger partial charge in [-0.1, -0.05) is 12.1 Å². The molecule has 0 saturated carbocycles. The van der Waals surface area contributed by atoms with Gasteiger partial charge in [-0.25, -0.2) is 9.59 Å². The molecular formula is C16H20O7. The van der Waals surface area contributed by atoms with Crippen molar-refractivity contribution in [3.63, 3.8) is 0 Å². The van der Waals surface area contributed by atoms with Gasteiger partial charge in [0.15, 0.2) is 18.5 Å². The van der Waals surface area contributed by atoms with Crippen molar-refractivity contribution in [3.8, 4) is 5.75 Å². The Balaban J connectivity index is 2.17. The van der Waals surface area contributed by atoms with Crippen LogP contribution < -0.4 is 4.74 Å². The molecule has 126 valence electrons. The maximum absolute atomic E-state index is 12.0. The summed E-state index contributed by atoms with van der Waals surface area (Å²) in [6, 6.07) is 6.94. The van der Waals surface area contributed by atoms with Crippen LogP contribution in [-0.2, 0) is 28.5 Å². The van der Waals surface area contributed by atoms with Crippen LogP contribution in [0.5, 0.6) is 5.75 Å². The van der Waals surface area contributed by atoms with Crippen LogP contribution in [0.25, 0.3) is 0 Å². The van der Waals surface area contributed by atoms with Crippen molar-refractivity contribution in [2.24, 2.45) is 0 Å². The van der Waals surface area contributed by atoms with Gasteiger partial charge in [0.25, 0.3) is 0 Å². The van der Waals surface area contributed by atoms with Crippen LogP contribution in [0, 0.1) is 0 Å². The molecule has 1 heterocycles. The van der Waals surface area contributed by atoms with E-state index in [4.69, 9.17) is 23.7 Å². The van der Waals surface area contributed by atoms with E-state index >= 15 is 0 Å². The Morgan fingerprint density at radius 1 is 0.957 bits per heavy atom. The summed E-state index contributed by atoms with van der Waals surface area (Å²) in [7, 11) is 1.56. The Morgan fingerprint density at radius 3 is 1.83 bits per heavy atom. The minimum absolute atomic E-state index is 0.182. The molecule has 0 aromatic heterocycles. The molecule has 1 saturated heterocycles. The Labute approximate surface area is 134 Å². The lowest BCUT2D eigenvalue weighted by atomic mass is 10.2. The van der Waals surface area contributed by atoms with E-state index in [1.54, 1.807) is 45.2 Å². The lowest BCUT2D eigenvalue weighted by molar-refractivity contribution is -0.163. The first-order chi connectivity index (χ1) is 11.1. The number of carbonyl (C=O) groups is 2. The lowest BCUT2D eigenvalue weighted by Gasteiger charge is -2.13. The third-order valence-corrected chi connectivity index (χ3v) is 3.24. The Kier molecular flexibility index (Phi) is 5.95. The molecule has 1 aliphatic heterocycles. The predicted octanol–water partition coefficient (Wildman–Crippen LogP) is 1.60. The van der Waals surface area contributed by atoms with Gasteiger partial charge in [-0.2, -0.15) is 0 Å². The fourth-order valence-electron chi connectivity index (χ4n) is 2.17. The van der Waals surface area contributed by atoms with E-state index in [-0.39, 0.29) is 13.2 Å². The molecule has 3 atom stereocenters. The van der Waals surface area contributed by atoms with Crippen LogP contribution >= 0.6 is 0 Å². The van der Waals surface area contributed by atoms with Crippen LogP contribution in [0.2, 0.25) is 0 Å². The molecule has 0 spiro atoms. The molecule has 2 rings (SSSR count). The average Bonchev–Trinajstić information content (AvgIpc) is 3.01. The second-order valence-corrected chi connectivity index (χ2v) is 4.72. The standard InChI is InChI=1S/C16H20O7/c1-4-20-14(17)12-13(15(18)21-5-2)23-16(22-12)10-6-8-11(19-3)9-7-10/h6-9,12-13,16H,4-5H2,1-3H3/t12-,13?,16?/m1/s1. The third-order valence-electron chi connectivity index (χ3n) is 3.24. The summed E-state index contributed by atoms with van der Waals surface area (Å²) in [4.78, 5) is 24.0. The highest BCUT2D eigenvalue weighted by Crippen LogP contribution is 2.33. The summed E-state index contributed by atoms with van der Waals surface area (Å²) in [6.07, 6.45) is -3.16. The van der Waals surface area contributed by atoms with Crippen molar-refractivity contribution >= 4 is 11.9 Å². The maximum atomic E-state index is 12.0. The van der Waals surface area contributed by atoms with Gasteiger partial charge in [-0.15, -0.1) is 0 Å². The van der Waals surface area contributed by atoms with Gasteiger partial charge in [-0.3, -0.25) is 0 Å². The van der Waals surface area contributed by atoms with Crippen molar-refractivity contribution in [2.75, 3.05) is 20.3 Å². The first kappa shape index (κ1) is 17.2. The number of methoxy groups -OCH3 is 1. The number of rotatable bonds is 6. The summed E-state index contributed by atoms with van der Waals surface area (Å²) >= 11 is 0. The minimum Gasteiger partial charge on any atom is -0.497 e. The number of hydrogen-bond donors (Lipinski definition) is 0. The molecule has 0 bridgehead atoms. The second-order valence-electron chi connectivity index (χ2n) is 4.72. The number of ether oxygens (including phenoxy) is 5. The summed E-state index contributed by atoms with van der Waals surface area (Å²) in [6.45, 7) is 3.71. The molecule has 0 N–H and O–H groups in total. The molecule has 2 unspecified atom stereocenters. The zero-order chi connectivity index (χ0) is 16.8. The van der Waals surface area contributed by atoms with E-state index in [1.165, 1.54) is 0 Å².